The van der Waals surface area contributed by atoms with Gasteiger partial charge in [-0.05, 0) is 37.0 Å². The van der Waals surface area contributed by atoms with Gasteiger partial charge in [0.2, 0.25) is 11.4 Å². The number of cyclic esters (lactones) is 1. The van der Waals surface area contributed by atoms with Crippen LogP contribution in [0.4, 0.5) is 18.0 Å². The monoisotopic (exact) mass is 462 g/mol. The Labute approximate surface area is 187 Å². The van der Waals surface area contributed by atoms with Crippen molar-refractivity contribution in [3.8, 4) is 0 Å². The Kier molecular flexibility index (Phi) is 7.47. The first-order valence-electron chi connectivity index (χ1n) is 10.2. The number of carbonyl (C=O) groups excluding carboxylic acids is 3. The fourth-order valence-corrected chi connectivity index (χ4v) is 3.24. The van der Waals surface area contributed by atoms with E-state index >= 15 is 0 Å². The normalized spacial score (nSPS) is 17.8. The molecule has 0 saturated carbocycles. The van der Waals surface area contributed by atoms with Crippen molar-refractivity contribution in [2.75, 3.05) is 6.54 Å². The highest BCUT2D eigenvalue weighted by molar-refractivity contribution is 6.20. The molecule has 0 spiro atoms. The Morgan fingerprint density at radius 3 is 2.27 bits per heavy atom. The summed E-state index contributed by atoms with van der Waals surface area (Å²) in [6.45, 7) is 0.146. The van der Waals surface area contributed by atoms with Gasteiger partial charge in [-0.25, -0.2) is 14.6 Å². The maximum atomic E-state index is 13.3. The molecule has 2 aromatic carbocycles. The van der Waals surface area contributed by atoms with Gasteiger partial charge in [0.1, 0.15) is 6.61 Å². The molecule has 10 heteroatoms. The lowest BCUT2D eigenvalue weighted by atomic mass is 9.88. The summed E-state index contributed by atoms with van der Waals surface area (Å²) >= 11 is 0. The average Bonchev–Trinajstić information content (AvgIpc) is 3.14. The number of ether oxygens (including phenoxy) is 2. The first kappa shape index (κ1) is 24.0. The summed E-state index contributed by atoms with van der Waals surface area (Å²) in [5.41, 5.74) is -1.62. The van der Waals surface area contributed by atoms with E-state index in [4.69, 9.17) is 9.47 Å². The second-order valence-electron chi connectivity index (χ2n) is 7.31. The van der Waals surface area contributed by atoms with Crippen LogP contribution in [-0.2, 0) is 25.7 Å². The van der Waals surface area contributed by atoms with E-state index in [0.717, 1.165) is 5.56 Å². The molecule has 1 aliphatic heterocycles. The van der Waals surface area contributed by atoms with Crippen molar-refractivity contribution in [2.24, 2.45) is 4.99 Å². The predicted octanol–water partition coefficient (Wildman–Crippen LogP) is 3.96. The van der Waals surface area contributed by atoms with Crippen LogP contribution >= 0.6 is 0 Å². The third-order valence-electron chi connectivity index (χ3n) is 4.92. The average molecular weight is 462 g/mol. The van der Waals surface area contributed by atoms with Crippen molar-refractivity contribution in [3.63, 3.8) is 0 Å². The molecule has 0 aliphatic carbocycles. The van der Waals surface area contributed by atoms with Crippen LogP contribution < -0.4 is 5.32 Å². The molecule has 0 saturated heterocycles. The molecule has 1 atom stereocenters. The molecule has 7 nitrogen and oxygen atoms in total. The van der Waals surface area contributed by atoms with E-state index in [1.54, 1.807) is 42.5 Å². The summed E-state index contributed by atoms with van der Waals surface area (Å²) < 4.78 is 49.8. The lowest BCUT2D eigenvalue weighted by Crippen LogP contribution is -2.49. The number of benzene rings is 2. The van der Waals surface area contributed by atoms with Crippen molar-refractivity contribution in [3.05, 3.63) is 71.8 Å². The Morgan fingerprint density at radius 2 is 1.64 bits per heavy atom. The number of nitrogens with zero attached hydrogens (tertiary/aromatic N) is 1. The van der Waals surface area contributed by atoms with Crippen molar-refractivity contribution in [1.82, 2.24) is 5.32 Å². The molecule has 1 N–H and O–H groups in total. The van der Waals surface area contributed by atoms with Gasteiger partial charge >= 0.3 is 18.2 Å². The van der Waals surface area contributed by atoms with E-state index < -0.39 is 36.0 Å². The summed E-state index contributed by atoms with van der Waals surface area (Å²) in [6.07, 6.45) is -6.28. The first-order valence-corrected chi connectivity index (χ1v) is 10.2. The van der Waals surface area contributed by atoms with Gasteiger partial charge in [-0.15, -0.1) is 0 Å². The standard InChI is InChI=1S/C23H21F3N2O5/c24-23(25,26)19(29)22(20(30)33-18(28-22)17-11-5-2-6-12-17)13-7-8-14-27-21(31)32-15-16-9-3-1-4-10-16/h1-6,9-12H,7-8,13-15H2,(H,27,31). The fourth-order valence-electron chi connectivity index (χ4n) is 3.24. The number of unbranched alkanes of at least 4 members (excludes halogenated alkanes) is 1. The van der Waals surface area contributed by atoms with Gasteiger partial charge in [0.15, 0.2) is 0 Å². The Bertz CT molecular complexity index is 1030. The zero-order valence-corrected chi connectivity index (χ0v) is 17.4. The Balaban J connectivity index is 1.58. The number of halogens is 3. The molecule has 2 aromatic rings. The maximum Gasteiger partial charge on any atom is 0.453 e. The van der Waals surface area contributed by atoms with Crippen LogP contribution in [0.25, 0.3) is 0 Å². The molecule has 1 heterocycles. The third kappa shape index (κ3) is 5.97. The number of amides is 1. The van der Waals surface area contributed by atoms with Crippen molar-refractivity contribution in [2.45, 2.75) is 37.6 Å². The number of alkyl carbamates (subject to hydrolysis) is 1. The number of carbonyl (C=O) groups is 3. The van der Waals surface area contributed by atoms with E-state index in [9.17, 15) is 27.6 Å². The lowest BCUT2D eigenvalue weighted by molar-refractivity contribution is -0.180. The topological polar surface area (TPSA) is 94.1 Å². The molecule has 0 bridgehead atoms. The number of hydrogen-bond donors (Lipinski definition) is 1. The minimum atomic E-state index is -5.27. The molecule has 0 radical (unpaired) electrons. The van der Waals surface area contributed by atoms with Crippen LogP contribution in [-0.4, -0.2) is 42.0 Å². The van der Waals surface area contributed by atoms with Gasteiger partial charge in [0, 0.05) is 12.1 Å². The number of hydrogen-bond acceptors (Lipinski definition) is 6. The molecule has 1 amide bonds. The molecule has 3 rings (SSSR count). The van der Waals surface area contributed by atoms with Gasteiger partial charge in [-0.3, -0.25) is 4.79 Å². The Hall–Kier alpha value is -3.69. The number of Topliss-reactive ketones (excluding diaryl/α,β-unsaturated/α-hetero) is 1. The number of esters is 1. The van der Waals surface area contributed by atoms with Crippen molar-refractivity contribution >= 4 is 23.7 Å². The minimum absolute atomic E-state index is 0.00144. The third-order valence-corrected chi connectivity index (χ3v) is 4.92. The van der Waals surface area contributed by atoms with E-state index in [2.05, 4.69) is 10.3 Å². The fraction of sp³-hybridized carbons (Fsp3) is 0.304. The van der Waals surface area contributed by atoms with Crippen LogP contribution in [0.5, 0.6) is 0 Å². The second-order valence-corrected chi connectivity index (χ2v) is 7.31. The molecular weight excluding hydrogens is 441 g/mol. The maximum absolute atomic E-state index is 13.3. The summed E-state index contributed by atoms with van der Waals surface area (Å²) in [6, 6.07) is 16.9. The van der Waals surface area contributed by atoms with Crippen LogP contribution in [0.1, 0.15) is 30.4 Å². The van der Waals surface area contributed by atoms with E-state index in [-0.39, 0.29) is 37.5 Å². The number of aliphatic imine (C=N–C) groups is 1. The van der Waals surface area contributed by atoms with E-state index in [0.29, 0.717) is 0 Å². The molecule has 33 heavy (non-hydrogen) atoms. The number of alkyl halides is 3. The lowest BCUT2D eigenvalue weighted by Gasteiger charge is -2.21. The van der Waals surface area contributed by atoms with Crippen LogP contribution in [0.2, 0.25) is 0 Å². The summed E-state index contributed by atoms with van der Waals surface area (Å²) in [5, 5.41) is 2.48. The zero-order chi connectivity index (χ0) is 23.9. The van der Waals surface area contributed by atoms with Crippen molar-refractivity contribution in [1.29, 1.82) is 0 Å². The summed E-state index contributed by atoms with van der Waals surface area (Å²) in [7, 11) is 0. The molecular formula is C23H21F3N2O5. The van der Waals surface area contributed by atoms with Gasteiger partial charge in [-0.2, -0.15) is 13.2 Å². The molecule has 1 aliphatic rings. The van der Waals surface area contributed by atoms with Crippen LogP contribution in [0.15, 0.2) is 65.7 Å². The highest BCUT2D eigenvalue weighted by Crippen LogP contribution is 2.35. The number of ketones is 1. The minimum Gasteiger partial charge on any atom is -0.445 e. The van der Waals surface area contributed by atoms with Crippen LogP contribution in [0, 0.1) is 0 Å². The quantitative estimate of drug-likeness (QED) is 0.346. The highest BCUT2D eigenvalue weighted by Gasteiger charge is 2.61. The smallest absolute Gasteiger partial charge is 0.445 e. The van der Waals surface area contributed by atoms with E-state index in [1.807, 2.05) is 6.07 Å². The highest BCUT2D eigenvalue weighted by atomic mass is 19.4. The number of nitrogens with one attached hydrogen (secondary N) is 1. The van der Waals surface area contributed by atoms with Gasteiger partial charge in [-0.1, -0.05) is 48.5 Å². The summed E-state index contributed by atoms with van der Waals surface area (Å²) in [5.74, 6) is -3.97. The molecule has 0 fully saturated rings. The first-order chi connectivity index (χ1) is 15.7. The van der Waals surface area contributed by atoms with Crippen LogP contribution in [0.3, 0.4) is 0 Å². The zero-order valence-electron chi connectivity index (χ0n) is 17.4. The van der Waals surface area contributed by atoms with E-state index in [1.165, 1.54) is 12.1 Å². The Morgan fingerprint density at radius 1 is 1.00 bits per heavy atom. The SMILES string of the molecule is O=C(NCCCCC1(C(=O)C(F)(F)F)N=C(c2ccccc2)OC1=O)OCc1ccccc1. The number of rotatable bonds is 9. The predicted molar refractivity (Wildman–Crippen MR) is 111 cm³/mol. The molecule has 0 aromatic heterocycles. The van der Waals surface area contributed by atoms with Gasteiger partial charge in [0.05, 0.1) is 0 Å². The largest absolute Gasteiger partial charge is 0.453 e. The molecule has 174 valence electrons. The van der Waals surface area contributed by atoms with Gasteiger partial charge in [0.25, 0.3) is 5.78 Å². The second kappa shape index (κ2) is 10.3. The summed E-state index contributed by atoms with van der Waals surface area (Å²) in [4.78, 5) is 40.1. The molecule has 1 unspecified atom stereocenters. The van der Waals surface area contributed by atoms with Crippen molar-refractivity contribution < 1.29 is 37.0 Å². The van der Waals surface area contributed by atoms with Gasteiger partial charge < -0.3 is 14.8 Å².